The zero-order valence-corrected chi connectivity index (χ0v) is 12.8. The molecule has 4 nitrogen and oxygen atoms in total. The lowest BCUT2D eigenvalue weighted by atomic mass is 10.4. The summed E-state index contributed by atoms with van der Waals surface area (Å²) in [5, 5.41) is 1.25. The topological polar surface area (TPSA) is 35.6 Å². The van der Waals surface area contributed by atoms with Crippen molar-refractivity contribution in [1.82, 2.24) is 19.1 Å². The third kappa shape index (κ3) is 2.17. The van der Waals surface area contributed by atoms with Crippen LogP contribution in [-0.4, -0.2) is 19.1 Å². The van der Waals surface area contributed by atoms with Gasteiger partial charge in [0.2, 0.25) is 0 Å². The molecule has 7 heteroatoms. The summed E-state index contributed by atoms with van der Waals surface area (Å²) >= 11 is 14.5. The Labute approximate surface area is 132 Å². The molecule has 100 valence electrons. The Bertz CT molecular complexity index is 728. The molecule has 0 amide bonds. The minimum absolute atomic E-state index is 0.525. The van der Waals surface area contributed by atoms with Gasteiger partial charge in [-0.15, -0.1) is 25.3 Å². The first-order chi connectivity index (χ1) is 9.70. The Balaban J connectivity index is 2.29. The van der Waals surface area contributed by atoms with Gasteiger partial charge in [0.25, 0.3) is 0 Å². The molecule has 0 saturated heterocycles. The van der Waals surface area contributed by atoms with Gasteiger partial charge in [0.1, 0.15) is 21.7 Å². The van der Waals surface area contributed by atoms with Gasteiger partial charge in [0, 0.05) is 12.4 Å². The molecular formula is C13H10N4S3. The van der Waals surface area contributed by atoms with Crippen LogP contribution in [0.15, 0.2) is 58.8 Å². The van der Waals surface area contributed by atoms with Crippen LogP contribution in [0, 0.1) is 4.77 Å². The van der Waals surface area contributed by atoms with E-state index in [0.29, 0.717) is 26.5 Å². The highest BCUT2D eigenvalue weighted by molar-refractivity contribution is 7.83. The first-order valence-corrected chi connectivity index (χ1v) is 7.09. The van der Waals surface area contributed by atoms with Crippen molar-refractivity contribution in [2.24, 2.45) is 0 Å². The summed E-state index contributed by atoms with van der Waals surface area (Å²) in [7, 11) is 0. The maximum atomic E-state index is 5.51. The fraction of sp³-hybridized carbons (Fsp3) is 0. The van der Waals surface area contributed by atoms with Crippen molar-refractivity contribution >= 4 is 37.5 Å². The summed E-state index contributed by atoms with van der Waals surface area (Å²) < 4.78 is 4.04. The zero-order valence-electron chi connectivity index (χ0n) is 10.2. The van der Waals surface area contributed by atoms with Crippen molar-refractivity contribution in [2.45, 2.75) is 10.1 Å². The van der Waals surface area contributed by atoms with Gasteiger partial charge in [0.05, 0.1) is 0 Å². The molecule has 0 radical (unpaired) electrons. The number of rotatable bonds is 2. The Morgan fingerprint density at radius 2 is 1.25 bits per heavy atom. The smallest absolute Gasteiger partial charge is 0.193 e. The third-order valence-corrected chi connectivity index (χ3v) is 4.13. The van der Waals surface area contributed by atoms with Crippen LogP contribution in [-0.2, 0) is 0 Å². The van der Waals surface area contributed by atoms with E-state index in [2.05, 4.69) is 35.2 Å². The minimum Gasteiger partial charge on any atom is -0.262 e. The number of hydrogen-bond donors (Lipinski definition) is 2. The van der Waals surface area contributed by atoms with Crippen molar-refractivity contribution in [3.8, 4) is 11.6 Å². The molecule has 0 aliphatic rings. The number of aromatic nitrogens is 4. The molecule has 0 spiro atoms. The van der Waals surface area contributed by atoms with Crippen LogP contribution in [0.4, 0.5) is 0 Å². The van der Waals surface area contributed by atoms with Crippen LogP contribution in [0.25, 0.3) is 11.6 Å². The summed E-state index contributed by atoms with van der Waals surface area (Å²) in [5.74, 6) is 1.40. The van der Waals surface area contributed by atoms with Crippen LogP contribution in [0.2, 0.25) is 0 Å². The highest BCUT2D eigenvalue weighted by Gasteiger charge is 2.16. The van der Waals surface area contributed by atoms with E-state index in [-0.39, 0.29) is 0 Å². The van der Waals surface area contributed by atoms with E-state index in [1.165, 1.54) is 0 Å². The van der Waals surface area contributed by atoms with E-state index in [4.69, 9.17) is 12.2 Å². The van der Waals surface area contributed by atoms with Gasteiger partial charge in [-0.1, -0.05) is 12.1 Å². The molecule has 0 aliphatic carbocycles. The Morgan fingerprint density at radius 1 is 0.800 bits per heavy atom. The van der Waals surface area contributed by atoms with Crippen molar-refractivity contribution in [3.05, 3.63) is 53.6 Å². The van der Waals surface area contributed by atoms with Gasteiger partial charge < -0.3 is 0 Å². The monoisotopic (exact) mass is 318 g/mol. The lowest BCUT2D eigenvalue weighted by molar-refractivity contribution is 0.869. The highest BCUT2D eigenvalue weighted by Crippen LogP contribution is 2.26. The van der Waals surface area contributed by atoms with E-state index in [1.54, 1.807) is 21.5 Å². The SMILES string of the molecule is S=c1n(-c2ccccn2)c(S)c(S)n1-c1ccccn1. The zero-order chi connectivity index (χ0) is 14.1. The minimum atomic E-state index is 0.525. The summed E-state index contributed by atoms with van der Waals surface area (Å²) in [6.07, 6.45) is 3.42. The quantitative estimate of drug-likeness (QED) is 0.562. The van der Waals surface area contributed by atoms with Gasteiger partial charge >= 0.3 is 0 Å². The lowest BCUT2D eigenvalue weighted by Crippen LogP contribution is -2.01. The Hall–Kier alpha value is -1.57. The molecule has 3 aromatic heterocycles. The molecule has 0 N–H and O–H groups in total. The highest BCUT2D eigenvalue weighted by atomic mass is 32.1. The second kappa shape index (κ2) is 5.43. The van der Waals surface area contributed by atoms with E-state index in [0.717, 1.165) is 0 Å². The molecular weight excluding hydrogens is 308 g/mol. The van der Waals surface area contributed by atoms with E-state index in [9.17, 15) is 0 Å². The molecule has 20 heavy (non-hydrogen) atoms. The molecule has 0 bridgehead atoms. The number of imidazole rings is 1. The average Bonchev–Trinajstić information content (AvgIpc) is 2.71. The first kappa shape index (κ1) is 13.4. The van der Waals surface area contributed by atoms with Crippen LogP contribution in [0.5, 0.6) is 0 Å². The number of thiol groups is 2. The molecule has 0 saturated carbocycles. The molecule has 0 atom stereocenters. The molecule has 0 unspecified atom stereocenters. The Kier molecular flexibility index (Phi) is 3.64. The molecule has 0 aromatic carbocycles. The molecule has 0 aliphatic heterocycles. The van der Waals surface area contributed by atoms with Crippen molar-refractivity contribution in [3.63, 3.8) is 0 Å². The maximum absolute atomic E-state index is 5.51. The normalized spacial score (nSPS) is 10.7. The van der Waals surface area contributed by atoms with Crippen LogP contribution in [0.1, 0.15) is 0 Å². The fourth-order valence-electron chi connectivity index (χ4n) is 1.87. The summed E-state index contributed by atoms with van der Waals surface area (Å²) in [4.78, 5) is 8.60. The van der Waals surface area contributed by atoms with Crippen molar-refractivity contribution < 1.29 is 0 Å². The largest absolute Gasteiger partial charge is 0.262 e. The third-order valence-electron chi connectivity index (χ3n) is 2.76. The van der Waals surface area contributed by atoms with E-state index >= 15 is 0 Å². The summed E-state index contributed by atoms with van der Waals surface area (Å²) in [6.45, 7) is 0. The van der Waals surface area contributed by atoms with E-state index in [1.807, 2.05) is 36.4 Å². The van der Waals surface area contributed by atoms with Gasteiger partial charge in [-0.05, 0) is 36.5 Å². The Morgan fingerprint density at radius 3 is 1.60 bits per heavy atom. The predicted molar refractivity (Wildman–Crippen MR) is 86.0 cm³/mol. The van der Waals surface area contributed by atoms with Crippen LogP contribution < -0.4 is 0 Å². The summed E-state index contributed by atoms with van der Waals surface area (Å²) in [6, 6.07) is 11.2. The van der Waals surface area contributed by atoms with E-state index < -0.39 is 0 Å². The summed E-state index contributed by atoms with van der Waals surface area (Å²) in [5.41, 5.74) is 0. The number of nitrogens with zero attached hydrogens (tertiary/aromatic N) is 4. The molecule has 3 heterocycles. The predicted octanol–water partition coefficient (Wildman–Crippen LogP) is 3.36. The molecule has 0 fully saturated rings. The standard InChI is InChI=1S/C13H10N4S3/c18-11-12(19)17(10-6-2-4-8-15-10)13(20)16(11)9-5-1-3-7-14-9/h1-8,18-19H. The van der Waals surface area contributed by atoms with Crippen LogP contribution in [0.3, 0.4) is 0 Å². The molecule has 3 aromatic rings. The lowest BCUT2D eigenvalue weighted by Gasteiger charge is -2.03. The average molecular weight is 318 g/mol. The van der Waals surface area contributed by atoms with Crippen molar-refractivity contribution in [1.29, 1.82) is 0 Å². The first-order valence-electron chi connectivity index (χ1n) is 5.78. The maximum Gasteiger partial charge on any atom is 0.193 e. The van der Waals surface area contributed by atoms with Crippen LogP contribution >= 0.6 is 37.5 Å². The molecule has 3 rings (SSSR count). The van der Waals surface area contributed by atoms with Gasteiger partial charge in [-0.3, -0.25) is 9.13 Å². The van der Waals surface area contributed by atoms with Gasteiger partial charge in [-0.25, -0.2) is 9.97 Å². The number of pyridine rings is 2. The van der Waals surface area contributed by atoms with Crippen molar-refractivity contribution in [2.75, 3.05) is 0 Å². The second-order valence-corrected chi connectivity index (χ2v) is 5.19. The number of hydrogen-bond acceptors (Lipinski definition) is 5. The fourth-order valence-corrected chi connectivity index (χ4v) is 2.97. The van der Waals surface area contributed by atoms with Gasteiger partial charge in [0.15, 0.2) is 4.77 Å². The second-order valence-electron chi connectivity index (χ2n) is 3.98. The van der Waals surface area contributed by atoms with Gasteiger partial charge in [-0.2, -0.15) is 0 Å².